The molecule has 23 heavy (non-hydrogen) atoms. The van der Waals surface area contributed by atoms with Crippen LogP contribution in [0.15, 0.2) is 0 Å². The predicted molar refractivity (Wildman–Crippen MR) is 87.7 cm³/mol. The van der Waals surface area contributed by atoms with Crippen LogP contribution in [0.25, 0.3) is 0 Å². The van der Waals surface area contributed by atoms with Crippen molar-refractivity contribution in [3.05, 3.63) is 0 Å². The van der Waals surface area contributed by atoms with Gasteiger partial charge in [-0.1, -0.05) is 27.7 Å². The molecule has 5 aliphatic rings. The lowest BCUT2D eigenvalue weighted by atomic mass is 9.43. The second-order valence-corrected chi connectivity index (χ2v) is 9.23. The fourth-order valence-electron chi connectivity index (χ4n) is 5.74. The van der Waals surface area contributed by atoms with Crippen LogP contribution >= 0.6 is 0 Å². The van der Waals surface area contributed by atoms with Gasteiger partial charge >= 0.3 is 0 Å². The fraction of sp³-hybridized carbons (Fsp3) is 0.947. The van der Waals surface area contributed by atoms with Gasteiger partial charge in [-0.25, -0.2) is 0 Å². The molecular weight excluding hydrogens is 290 g/mol. The lowest BCUT2D eigenvalue weighted by molar-refractivity contribution is -0.212. The number of ether oxygens (including phenoxy) is 2. The molecular formula is C19H31NO3. The van der Waals surface area contributed by atoms with Gasteiger partial charge in [0.1, 0.15) is 0 Å². The molecule has 0 aromatic rings. The molecule has 4 nitrogen and oxygen atoms in total. The average molecular weight is 321 g/mol. The number of nitrogens with zero attached hydrogens (tertiary/aromatic N) is 1. The molecule has 2 unspecified atom stereocenters. The minimum absolute atomic E-state index is 0.0432. The number of rotatable bonds is 2. The Morgan fingerprint density at radius 1 is 1.22 bits per heavy atom. The molecule has 5 fully saturated rings. The lowest BCUT2D eigenvalue weighted by Crippen LogP contribution is -2.65. The number of hydrogen-bond donors (Lipinski definition) is 0. The van der Waals surface area contributed by atoms with Gasteiger partial charge < -0.3 is 14.4 Å². The van der Waals surface area contributed by atoms with Crippen molar-refractivity contribution in [2.75, 3.05) is 6.54 Å². The summed E-state index contributed by atoms with van der Waals surface area (Å²) in [6.45, 7) is 11.8. The van der Waals surface area contributed by atoms with E-state index in [2.05, 4.69) is 20.8 Å². The van der Waals surface area contributed by atoms with Gasteiger partial charge in [-0.3, -0.25) is 4.79 Å². The van der Waals surface area contributed by atoms with Crippen LogP contribution in [0.1, 0.15) is 60.3 Å². The first-order valence-electron chi connectivity index (χ1n) is 9.39. The number of hydrogen-bond acceptors (Lipinski definition) is 3. The first-order chi connectivity index (χ1) is 10.7. The molecule has 3 aliphatic carbocycles. The van der Waals surface area contributed by atoms with E-state index in [1.807, 2.05) is 18.7 Å². The number of likely N-dealkylation sites (tertiary alicyclic amines) is 1. The lowest BCUT2D eigenvalue weighted by Gasteiger charge is -2.63. The number of carbonyl (C=O) groups excluding carboxylic acids is 1. The molecule has 2 saturated heterocycles. The highest BCUT2D eigenvalue weighted by molar-refractivity contribution is 5.78. The van der Waals surface area contributed by atoms with Gasteiger partial charge in [-0.2, -0.15) is 0 Å². The van der Waals surface area contributed by atoms with Crippen LogP contribution in [0.2, 0.25) is 0 Å². The second-order valence-electron chi connectivity index (χ2n) is 9.23. The fourth-order valence-corrected chi connectivity index (χ4v) is 5.74. The highest BCUT2D eigenvalue weighted by atomic mass is 16.7. The van der Waals surface area contributed by atoms with Crippen molar-refractivity contribution in [1.29, 1.82) is 0 Å². The van der Waals surface area contributed by atoms with Crippen LogP contribution < -0.4 is 0 Å². The topological polar surface area (TPSA) is 38.8 Å². The molecule has 0 spiro atoms. The standard InChI is InChI=1S/C19H31NO3/c1-11(2)16(21)20-8-6-7-13(20)17-22-15-10-12-9-14(18(12,3)4)19(15,5)23-17/h11-15,17H,6-10H2,1-5H3/t12-,13-,14-,15?,17?,19-/m0/s1. The maximum Gasteiger partial charge on any atom is 0.225 e. The third-order valence-corrected chi connectivity index (χ3v) is 7.36. The van der Waals surface area contributed by atoms with Crippen LogP contribution in [0.3, 0.4) is 0 Å². The van der Waals surface area contributed by atoms with E-state index in [0.29, 0.717) is 11.3 Å². The van der Waals surface area contributed by atoms with Crippen molar-refractivity contribution in [3.8, 4) is 0 Å². The molecule has 4 heteroatoms. The molecule has 2 heterocycles. The maximum atomic E-state index is 12.5. The summed E-state index contributed by atoms with van der Waals surface area (Å²) in [5.74, 6) is 1.63. The summed E-state index contributed by atoms with van der Waals surface area (Å²) in [5, 5.41) is 0. The number of amides is 1. The first-order valence-corrected chi connectivity index (χ1v) is 9.39. The zero-order valence-electron chi connectivity index (χ0n) is 15.2. The predicted octanol–water partition coefficient (Wildman–Crippen LogP) is 3.20. The highest BCUT2D eigenvalue weighted by Crippen LogP contribution is 2.66. The van der Waals surface area contributed by atoms with Crippen LogP contribution in [-0.2, 0) is 14.3 Å². The number of carbonyl (C=O) groups is 1. The van der Waals surface area contributed by atoms with E-state index in [1.54, 1.807) is 0 Å². The quantitative estimate of drug-likeness (QED) is 0.784. The minimum atomic E-state index is -0.231. The average Bonchev–Trinajstić information content (AvgIpc) is 3.08. The molecule has 1 amide bonds. The Labute approximate surface area is 139 Å². The molecule has 0 aromatic heterocycles. The Morgan fingerprint density at radius 3 is 2.61 bits per heavy atom. The van der Waals surface area contributed by atoms with Crippen LogP contribution in [0.4, 0.5) is 0 Å². The van der Waals surface area contributed by atoms with E-state index in [9.17, 15) is 4.79 Å². The largest absolute Gasteiger partial charge is 0.344 e. The van der Waals surface area contributed by atoms with Crippen molar-refractivity contribution in [2.24, 2.45) is 23.2 Å². The third-order valence-electron chi connectivity index (χ3n) is 7.36. The summed E-state index contributed by atoms with van der Waals surface area (Å²) in [7, 11) is 0. The smallest absolute Gasteiger partial charge is 0.225 e. The van der Waals surface area contributed by atoms with Gasteiger partial charge in [-0.15, -0.1) is 0 Å². The van der Waals surface area contributed by atoms with Gasteiger partial charge in [0.2, 0.25) is 5.91 Å². The van der Waals surface area contributed by atoms with E-state index in [4.69, 9.17) is 9.47 Å². The zero-order chi connectivity index (χ0) is 16.6. The third kappa shape index (κ3) is 2.07. The van der Waals surface area contributed by atoms with Crippen molar-refractivity contribution in [3.63, 3.8) is 0 Å². The Morgan fingerprint density at radius 2 is 1.96 bits per heavy atom. The van der Waals surface area contributed by atoms with Gasteiger partial charge in [-0.05, 0) is 49.9 Å². The Hall–Kier alpha value is -0.610. The van der Waals surface area contributed by atoms with Gasteiger partial charge in [0.15, 0.2) is 6.29 Å². The summed E-state index contributed by atoms with van der Waals surface area (Å²) >= 11 is 0. The van der Waals surface area contributed by atoms with E-state index >= 15 is 0 Å². The normalized spacial score (nSPS) is 47.6. The molecule has 0 radical (unpaired) electrons. The van der Waals surface area contributed by atoms with Crippen LogP contribution in [0.5, 0.6) is 0 Å². The molecule has 3 saturated carbocycles. The first kappa shape index (κ1) is 15.9. The maximum absolute atomic E-state index is 12.5. The van der Waals surface area contributed by atoms with E-state index in [-0.39, 0.29) is 35.9 Å². The van der Waals surface area contributed by atoms with Gasteiger partial charge in [0.25, 0.3) is 0 Å². The molecule has 130 valence electrons. The van der Waals surface area contributed by atoms with E-state index < -0.39 is 0 Å². The Kier molecular flexibility index (Phi) is 3.42. The molecule has 0 aromatic carbocycles. The van der Waals surface area contributed by atoms with E-state index in [0.717, 1.165) is 31.7 Å². The van der Waals surface area contributed by atoms with Crippen LogP contribution in [0, 0.1) is 23.2 Å². The minimum Gasteiger partial charge on any atom is -0.344 e. The summed E-state index contributed by atoms with van der Waals surface area (Å²) in [6, 6.07) is 0.104. The van der Waals surface area contributed by atoms with Crippen molar-refractivity contribution >= 4 is 5.91 Å². The summed E-state index contributed by atoms with van der Waals surface area (Å²) < 4.78 is 13.0. The molecule has 0 N–H and O–H groups in total. The molecule has 5 rings (SSSR count). The van der Waals surface area contributed by atoms with Crippen molar-refractivity contribution in [2.45, 2.75) is 84.3 Å². The summed E-state index contributed by atoms with van der Waals surface area (Å²) in [5.41, 5.74) is 0.199. The Balaban J connectivity index is 1.53. The van der Waals surface area contributed by atoms with Gasteiger partial charge in [0.05, 0.1) is 17.7 Å². The summed E-state index contributed by atoms with van der Waals surface area (Å²) in [6.07, 6.45) is 4.43. The Bertz CT molecular complexity index is 517. The zero-order valence-corrected chi connectivity index (χ0v) is 15.2. The van der Waals surface area contributed by atoms with E-state index in [1.165, 1.54) is 6.42 Å². The second kappa shape index (κ2) is 4.95. The highest BCUT2D eigenvalue weighted by Gasteiger charge is 2.68. The molecule has 2 aliphatic heterocycles. The molecule has 2 bridgehead atoms. The monoisotopic (exact) mass is 321 g/mol. The van der Waals surface area contributed by atoms with Crippen molar-refractivity contribution in [1.82, 2.24) is 4.90 Å². The SMILES string of the molecule is CC(C)C(=O)N1CCC[C@H]1C1OC2C[C@@H]3C[C@@H](C3(C)C)[C@]2(C)O1. The van der Waals surface area contributed by atoms with Gasteiger partial charge in [0, 0.05) is 12.5 Å². The summed E-state index contributed by atoms with van der Waals surface area (Å²) in [4.78, 5) is 14.5. The van der Waals surface area contributed by atoms with Crippen LogP contribution in [-0.4, -0.2) is 41.4 Å². The van der Waals surface area contributed by atoms with Crippen molar-refractivity contribution < 1.29 is 14.3 Å². The molecule has 6 atom stereocenters.